The lowest BCUT2D eigenvalue weighted by Crippen LogP contribution is -2.37. The fraction of sp³-hybridized carbons (Fsp3) is 0.240. The van der Waals surface area contributed by atoms with Crippen LogP contribution in [0.25, 0.3) is 0 Å². The quantitative estimate of drug-likeness (QED) is 0.199. The van der Waals surface area contributed by atoms with Crippen molar-refractivity contribution in [3.05, 3.63) is 99.6 Å². The van der Waals surface area contributed by atoms with Gasteiger partial charge in [-0.1, -0.05) is 47.5 Å². The Morgan fingerprint density at radius 3 is 2.03 bits per heavy atom. The third-order valence-electron chi connectivity index (χ3n) is 6.12. The molecule has 0 amide bonds. The summed E-state index contributed by atoms with van der Waals surface area (Å²) in [4.78, 5) is 12.5. The normalized spacial score (nSPS) is 17.2. The minimum atomic E-state index is -4.08. The van der Waals surface area contributed by atoms with Crippen LogP contribution >= 0.6 is 0 Å². The number of nitro groups is 1. The van der Waals surface area contributed by atoms with E-state index in [1.165, 1.54) is 58.6 Å². The van der Waals surface area contributed by atoms with Crippen molar-refractivity contribution in [2.45, 2.75) is 36.7 Å². The predicted octanol–water partition coefficient (Wildman–Crippen LogP) is 4.02. The van der Waals surface area contributed by atoms with E-state index in [0.29, 0.717) is 5.56 Å². The Balaban J connectivity index is 1.80. The molecular formula is C25H26N4O6S2. The maximum absolute atomic E-state index is 13.7. The van der Waals surface area contributed by atoms with Gasteiger partial charge in [-0.15, -0.1) is 4.40 Å². The number of nitro benzene ring substituents is 1. The molecule has 1 aliphatic heterocycles. The molecule has 3 aromatic rings. The lowest BCUT2D eigenvalue weighted by Gasteiger charge is -2.31. The third-order valence-corrected chi connectivity index (χ3v) is 9.36. The van der Waals surface area contributed by atoms with Gasteiger partial charge in [-0.3, -0.25) is 10.1 Å². The second-order valence-corrected chi connectivity index (χ2v) is 12.3. The standard InChI is InChI=1S/C25H26N4O6S2/c1-18-7-11-23(12-8-18)36(32,33)26-20(3)27-15-16-28(37(34,35)24-13-9-19(2)10-14-24)25(27)21-5-4-6-22(17-21)29(30)31/h4-14,17,25H,15-16H2,1-3H3/b26-20-. The number of hydrogen-bond donors (Lipinski definition) is 0. The van der Waals surface area contributed by atoms with Gasteiger partial charge in [0.2, 0.25) is 10.0 Å². The molecule has 1 saturated heterocycles. The Morgan fingerprint density at radius 1 is 0.892 bits per heavy atom. The average Bonchev–Trinajstić information content (AvgIpc) is 3.31. The van der Waals surface area contributed by atoms with Gasteiger partial charge in [-0.2, -0.15) is 12.7 Å². The lowest BCUT2D eigenvalue weighted by molar-refractivity contribution is -0.385. The Bertz CT molecular complexity index is 1570. The first-order valence-corrected chi connectivity index (χ1v) is 14.3. The molecule has 1 unspecified atom stereocenters. The van der Waals surface area contributed by atoms with Crippen molar-refractivity contribution in [3.63, 3.8) is 0 Å². The highest BCUT2D eigenvalue weighted by molar-refractivity contribution is 7.90. The van der Waals surface area contributed by atoms with Crippen molar-refractivity contribution in [3.8, 4) is 0 Å². The summed E-state index contributed by atoms with van der Waals surface area (Å²) in [5.41, 5.74) is 1.90. The summed E-state index contributed by atoms with van der Waals surface area (Å²) in [6.07, 6.45) is -1.04. The van der Waals surface area contributed by atoms with Gasteiger partial charge in [-0.05, 0) is 50.6 Å². The van der Waals surface area contributed by atoms with E-state index in [-0.39, 0.29) is 34.4 Å². The van der Waals surface area contributed by atoms with Crippen LogP contribution in [0.4, 0.5) is 5.69 Å². The van der Waals surface area contributed by atoms with E-state index in [0.717, 1.165) is 11.1 Å². The van der Waals surface area contributed by atoms with E-state index in [4.69, 9.17) is 0 Å². The molecule has 12 heteroatoms. The van der Waals surface area contributed by atoms with Crippen molar-refractivity contribution in [2.75, 3.05) is 13.1 Å². The predicted molar refractivity (Wildman–Crippen MR) is 139 cm³/mol. The number of non-ortho nitro benzene ring substituents is 1. The van der Waals surface area contributed by atoms with Crippen LogP contribution in [0.5, 0.6) is 0 Å². The minimum Gasteiger partial charge on any atom is -0.337 e. The number of sulfonamides is 2. The van der Waals surface area contributed by atoms with Crippen molar-refractivity contribution in [2.24, 2.45) is 4.40 Å². The second-order valence-electron chi connectivity index (χ2n) is 8.77. The van der Waals surface area contributed by atoms with Crippen LogP contribution in [0.1, 0.15) is 29.8 Å². The Hall–Kier alpha value is -3.61. The van der Waals surface area contributed by atoms with Crippen LogP contribution in [0.3, 0.4) is 0 Å². The van der Waals surface area contributed by atoms with Gasteiger partial charge in [0, 0.05) is 25.2 Å². The molecule has 0 saturated carbocycles. The Labute approximate surface area is 216 Å². The van der Waals surface area contributed by atoms with Crippen LogP contribution in [-0.2, 0) is 20.0 Å². The fourth-order valence-electron chi connectivity index (χ4n) is 4.18. The zero-order valence-electron chi connectivity index (χ0n) is 20.5. The highest BCUT2D eigenvalue weighted by Gasteiger charge is 2.42. The molecule has 10 nitrogen and oxygen atoms in total. The fourth-order valence-corrected chi connectivity index (χ4v) is 6.79. The van der Waals surface area contributed by atoms with Gasteiger partial charge in [-0.25, -0.2) is 8.42 Å². The molecule has 194 valence electrons. The SMILES string of the molecule is C/C(=N/S(=O)(=O)c1ccc(C)cc1)N1CCN(S(=O)(=O)c2ccc(C)cc2)C1c1cccc([N+](=O)[O-])c1. The van der Waals surface area contributed by atoms with Gasteiger partial charge in [0.15, 0.2) is 0 Å². The molecule has 0 N–H and O–H groups in total. The summed E-state index contributed by atoms with van der Waals surface area (Å²) < 4.78 is 58.5. The van der Waals surface area contributed by atoms with E-state index in [1.54, 1.807) is 30.3 Å². The van der Waals surface area contributed by atoms with Crippen LogP contribution in [0, 0.1) is 24.0 Å². The molecule has 3 aromatic carbocycles. The van der Waals surface area contributed by atoms with Crippen molar-refractivity contribution >= 4 is 31.6 Å². The number of amidine groups is 1. The summed E-state index contributed by atoms with van der Waals surface area (Å²) in [5.74, 6) is 0.0682. The van der Waals surface area contributed by atoms with Gasteiger partial charge in [0.1, 0.15) is 12.0 Å². The van der Waals surface area contributed by atoms with E-state index in [9.17, 15) is 26.9 Å². The molecule has 1 fully saturated rings. The number of hydrogen-bond acceptors (Lipinski definition) is 6. The Kier molecular flexibility index (Phi) is 7.18. The first kappa shape index (κ1) is 26.5. The zero-order valence-corrected chi connectivity index (χ0v) is 22.1. The van der Waals surface area contributed by atoms with Crippen LogP contribution in [-0.4, -0.2) is 49.9 Å². The van der Waals surface area contributed by atoms with Gasteiger partial charge < -0.3 is 4.90 Å². The molecule has 1 aliphatic rings. The second kappa shape index (κ2) is 10.0. The van der Waals surface area contributed by atoms with E-state index >= 15 is 0 Å². The van der Waals surface area contributed by atoms with Gasteiger partial charge in [0.25, 0.3) is 15.7 Å². The lowest BCUT2D eigenvalue weighted by atomic mass is 10.1. The summed E-state index contributed by atoms with van der Waals surface area (Å²) in [6.45, 7) is 5.33. The van der Waals surface area contributed by atoms with Crippen molar-refractivity contribution in [1.29, 1.82) is 0 Å². The molecular weight excluding hydrogens is 516 g/mol. The molecule has 4 rings (SSSR count). The molecule has 1 atom stereocenters. The van der Waals surface area contributed by atoms with E-state index < -0.39 is 31.1 Å². The average molecular weight is 543 g/mol. The molecule has 37 heavy (non-hydrogen) atoms. The number of aryl methyl sites for hydroxylation is 2. The Morgan fingerprint density at radius 2 is 1.46 bits per heavy atom. The topological polar surface area (TPSA) is 130 Å². The molecule has 0 bridgehead atoms. The van der Waals surface area contributed by atoms with E-state index in [2.05, 4.69) is 4.40 Å². The molecule has 0 radical (unpaired) electrons. The summed E-state index contributed by atoms with van der Waals surface area (Å²) in [5, 5.41) is 11.4. The van der Waals surface area contributed by atoms with Gasteiger partial charge in [0.05, 0.1) is 14.7 Å². The van der Waals surface area contributed by atoms with Crippen LogP contribution in [0.15, 0.2) is 87.0 Å². The summed E-state index contributed by atoms with van der Waals surface area (Å²) in [7, 11) is -8.12. The molecule has 0 aliphatic carbocycles. The minimum absolute atomic E-state index is 0.00711. The van der Waals surface area contributed by atoms with Crippen molar-refractivity contribution < 1.29 is 21.8 Å². The number of nitrogens with zero attached hydrogens (tertiary/aromatic N) is 4. The largest absolute Gasteiger partial charge is 0.337 e. The molecule has 0 aromatic heterocycles. The number of rotatable bonds is 6. The van der Waals surface area contributed by atoms with Gasteiger partial charge >= 0.3 is 0 Å². The monoisotopic (exact) mass is 542 g/mol. The maximum Gasteiger partial charge on any atom is 0.283 e. The third kappa shape index (κ3) is 5.41. The highest BCUT2D eigenvalue weighted by Crippen LogP contribution is 2.36. The first-order valence-electron chi connectivity index (χ1n) is 11.4. The first-order chi connectivity index (χ1) is 17.4. The summed E-state index contributed by atoms with van der Waals surface area (Å²) >= 11 is 0. The maximum atomic E-state index is 13.7. The highest BCUT2D eigenvalue weighted by atomic mass is 32.2. The number of benzene rings is 3. The molecule has 1 heterocycles. The van der Waals surface area contributed by atoms with Crippen molar-refractivity contribution in [1.82, 2.24) is 9.21 Å². The van der Waals surface area contributed by atoms with Crippen LogP contribution < -0.4 is 0 Å². The van der Waals surface area contributed by atoms with E-state index in [1.807, 2.05) is 13.8 Å². The summed E-state index contributed by atoms with van der Waals surface area (Å²) in [6, 6.07) is 18.3. The zero-order chi connectivity index (χ0) is 27.0. The van der Waals surface area contributed by atoms with Crippen LogP contribution in [0.2, 0.25) is 0 Å². The smallest absolute Gasteiger partial charge is 0.283 e. The molecule has 0 spiro atoms.